The topological polar surface area (TPSA) is 59.1 Å². The van der Waals surface area contributed by atoms with Gasteiger partial charge in [-0.25, -0.2) is 13.4 Å². The Morgan fingerprint density at radius 1 is 1.08 bits per heavy atom. The van der Waals surface area contributed by atoms with Crippen molar-refractivity contribution in [1.82, 2.24) is 4.98 Å². The lowest BCUT2D eigenvalue weighted by Gasteiger charge is -2.12. The molecule has 0 spiro atoms. The monoisotopic (exact) mass is 392 g/mol. The van der Waals surface area contributed by atoms with Crippen LogP contribution in [0.15, 0.2) is 46.7 Å². The van der Waals surface area contributed by atoms with Crippen molar-refractivity contribution in [3.05, 3.63) is 63.6 Å². The predicted octanol–water partition coefficient (Wildman–Crippen LogP) is 5.19. The van der Waals surface area contributed by atoms with Gasteiger partial charge in [-0.15, -0.1) is 11.3 Å². The molecule has 0 atom stereocenters. The molecule has 25 heavy (non-hydrogen) atoms. The van der Waals surface area contributed by atoms with E-state index in [0.717, 1.165) is 21.8 Å². The van der Waals surface area contributed by atoms with Crippen LogP contribution in [0, 0.1) is 20.8 Å². The van der Waals surface area contributed by atoms with Crippen molar-refractivity contribution in [2.24, 2.45) is 0 Å². The number of nitrogens with one attached hydrogen (secondary N) is 1. The lowest BCUT2D eigenvalue weighted by molar-refractivity contribution is 0.600. The van der Waals surface area contributed by atoms with Crippen molar-refractivity contribution in [3.8, 4) is 10.6 Å². The van der Waals surface area contributed by atoms with Gasteiger partial charge in [0, 0.05) is 27.3 Å². The minimum Gasteiger partial charge on any atom is -0.280 e. The average Bonchev–Trinajstić information content (AvgIpc) is 2.97. The van der Waals surface area contributed by atoms with Crippen molar-refractivity contribution in [2.75, 3.05) is 4.72 Å². The van der Waals surface area contributed by atoms with Crippen LogP contribution >= 0.6 is 22.9 Å². The molecule has 0 aliphatic heterocycles. The third-order valence-electron chi connectivity index (χ3n) is 3.73. The van der Waals surface area contributed by atoms with Gasteiger partial charge in [-0.1, -0.05) is 23.7 Å². The molecule has 0 radical (unpaired) electrons. The molecule has 0 amide bonds. The van der Waals surface area contributed by atoms with Gasteiger partial charge in [-0.3, -0.25) is 4.72 Å². The van der Waals surface area contributed by atoms with Gasteiger partial charge in [0.2, 0.25) is 0 Å². The van der Waals surface area contributed by atoms with Crippen molar-refractivity contribution in [2.45, 2.75) is 25.7 Å². The van der Waals surface area contributed by atoms with Crippen LogP contribution < -0.4 is 4.72 Å². The van der Waals surface area contributed by atoms with E-state index in [4.69, 9.17) is 11.6 Å². The summed E-state index contributed by atoms with van der Waals surface area (Å²) >= 11 is 7.59. The number of benzene rings is 2. The first-order valence-corrected chi connectivity index (χ1v) is 10.3. The van der Waals surface area contributed by atoms with Crippen LogP contribution in [-0.2, 0) is 10.0 Å². The first kappa shape index (κ1) is 17.9. The Hall–Kier alpha value is -1.89. The number of hydrogen-bond acceptors (Lipinski definition) is 4. The fourth-order valence-corrected chi connectivity index (χ4v) is 4.83. The summed E-state index contributed by atoms with van der Waals surface area (Å²) in [5.41, 5.74) is 3.65. The first-order chi connectivity index (χ1) is 11.8. The van der Waals surface area contributed by atoms with Crippen molar-refractivity contribution in [1.29, 1.82) is 0 Å². The number of hydrogen-bond donors (Lipinski definition) is 1. The highest BCUT2D eigenvalue weighted by Gasteiger charge is 2.18. The second kappa shape index (κ2) is 6.78. The Bertz CT molecular complexity index is 1040. The maximum absolute atomic E-state index is 12.8. The minimum absolute atomic E-state index is 0.227. The van der Waals surface area contributed by atoms with Crippen LogP contribution in [0.25, 0.3) is 10.6 Å². The molecule has 130 valence electrons. The van der Waals surface area contributed by atoms with E-state index in [1.165, 1.54) is 11.3 Å². The number of anilines is 1. The number of sulfonamides is 1. The third kappa shape index (κ3) is 3.86. The average molecular weight is 393 g/mol. The van der Waals surface area contributed by atoms with E-state index < -0.39 is 10.0 Å². The zero-order valence-corrected chi connectivity index (χ0v) is 16.4. The molecule has 0 saturated carbocycles. The highest BCUT2D eigenvalue weighted by molar-refractivity contribution is 7.92. The van der Waals surface area contributed by atoms with Gasteiger partial charge in [-0.05, 0) is 56.2 Å². The maximum Gasteiger partial charge on any atom is 0.262 e. The van der Waals surface area contributed by atoms with Gasteiger partial charge in [0.15, 0.2) is 0 Å². The highest BCUT2D eigenvalue weighted by Crippen LogP contribution is 2.28. The van der Waals surface area contributed by atoms with E-state index in [-0.39, 0.29) is 4.90 Å². The summed E-state index contributed by atoms with van der Waals surface area (Å²) in [6, 6.07) is 10.5. The molecule has 2 aromatic carbocycles. The number of thiazole rings is 1. The van der Waals surface area contributed by atoms with Gasteiger partial charge < -0.3 is 0 Å². The molecule has 3 rings (SSSR count). The van der Waals surface area contributed by atoms with Gasteiger partial charge in [0.05, 0.1) is 4.90 Å². The Kier molecular flexibility index (Phi) is 4.86. The van der Waals surface area contributed by atoms with E-state index >= 15 is 0 Å². The fraction of sp³-hybridized carbons (Fsp3) is 0.167. The molecule has 1 heterocycles. The van der Waals surface area contributed by atoms with Gasteiger partial charge in [0.1, 0.15) is 5.01 Å². The highest BCUT2D eigenvalue weighted by atomic mass is 35.5. The molecular formula is C18H17ClN2O2S2. The Balaban J connectivity index is 1.95. The first-order valence-electron chi connectivity index (χ1n) is 7.58. The normalized spacial score (nSPS) is 11.5. The van der Waals surface area contributed by atoms with Crippen LogP contribution in [0.2, 0.25) is 5.02 Å². The maximum atomic E-state index is 12.8. The lowest BCUT2D eigenvalue weighted by Crippen LogP contribution is -2.14. The van der Waals surface area contributed by atoms with E-state index in [9.17, 15) is 8.42 Å². The minimum atomic E-state index is -3.70. The summed E-state index contributed by atoms with van der Waals surface area (Å²) in [6.07, 6.45) is 0. The van der Waals surface area contributed by atoms with Crippen molar-refractivity contribution >= 4 is 38.6 Å². The molecule has 7 heteroatoms. The molecule has 0 fully saturated rings. The lowest BCUT2D eigenvalue weighted by atomic mass is 10.2. The van der Waals surface area contributed by atoms with Crippen LogP contribution in [0.5, 0.6) is 0 Å². The summed E-state index contributed by atoms with van der Waals surface area (Å²) in [4.78, 5) is 4.67. The molecule has 0 bridgehead atoms. The third-order valence-corrected chi connectivity index (χ3v) is 6.67. The van der Waals surface area contributed by atoms with Crippen molar-refractivity contribution < 1.29 is 8.42 Å². The number of nitrogens with zero attached hydrogens (tertiary/aromatic N) is 1. The zero-order valence-electron chi connectivity index (χ0n) is 14.0. The summed E-state index contributed by atoms with van der Waals surface area (Å²) in [6.45, 7) is 5.44. The van der Waals surface area contributed by atoms with Crippen LogP contribution in [0.3, 0.4) is 0 Å². The number of aryl methyl sites for hydroxylation is 3. The Morgan fingerprint density at radius 3 is 2.52 bits per heavy atom. The van der Waals surface area contributed by atoms with Gasteiger partial charge in [-0.2, -0.15) is 0 Å². The van der Waals surface area contributed by atoms with E-state index in [1.54, 1.807) is 38.1 Å². The summed E-state index contributed by atoms with van der Waals surface area (Å²) in [7, 11) is -3.70. The Morgan fingerprint density at radius 2 is 1.84 bits per heavy atom. The van der Waals surface area contributed by atoms with E-state index in [1.807, 2.05) is 24.4 Å². The molecule has 1 N–H and O–H groups in total. The zero-order chi connectivity index (χ0) is 18.2. The number of rotatable bonds is 4. The number of halogens is 1. The molecular weight excluding hydrogens is 376 g/mol. The summed E-state index contributed by atoms with van der Waals surface area (Å²) in [5, 5.41) is 3.38. The second-order valence-corrected chi connectivity index (χ2v) is 8.76. The van der Waals surface area contributed by atoms with E-state index in [2.05, 4.69) is 9.71 Å². The van der Waals surface area contributed by atoms with Crippen LogP contribution in [0.1, 0.15) is 16.8 Å². The molecule has 3 aromatic rings. The SMILES string of the molecule is Cc1csc(-c2cccc(NS(=O)(=O)c3cc(C)c(Cl)cc3C)c2)n1. The van der Waals surface area contributed by atoms with Gasteiger partial charge in [0.25, 0.3) is 10.0 Å². The smallest absolute Gasteiger partial charge is 0.262 e. The Labute approximate surface area is 156 Å². The molecule has 1 aromatic heterocycles. The second-order valence-electron chi connectivity index (χ2n) is 5.85. The van der Waals surface area contributed by atoms with Crippen LogP contribution in [0.4, 0.5) is 5.69 Å². The summed E-state index contributed by atoms with van der Waals surface area (Å²) in [5.74, 6) is 0. The molecule has 4 nitrogen and oxygen atoms in total. The standard InChI is InChI=1S/C18H17ClN2O2S2/c1-11-8-17(12(2)7-16(11)19)25(22,23)21-15-6-4-5-14(9-15)18-20-13(3)10-24-18/h4-10,21H,1-3H3. The van der Waals surface area contributed by atoms with Crippen LogP contribution in [-0.4, -0.2) is 13.4 Å². The largest absolute Gasteiger partial charge is 0.280 e. The molecule has 0 saturated heterocycles. The fourth-order valence-electron chi connectivity index (χ4n) is 2.46. The molecule has 0 unspecified atom stereocenters. The van der Waals surface area contributed by atoms with E-state index in [0.29, 0.717) is 16.3 Å². The summed E-state index contributed by atoms with van der Waals surface area (Å²) < 4.78 is 28.2. The van der Waals surface area contributed by atoms with Gasteiger partial charge >= 0.3 is 0 Å². The molecule has 0 aliphatic carbocycles. The number of aromatic nitrogens is 1. The predicted molar refractivity (Wildman–Crippen MR) is 104 cm³/mol. The van der Waals surface area contributed by atoms with Crippen molar-refractivity contribution in [3.63, 3.8) is 0 Å². The molecule has 0 aliphatic rings. The quantitative estimate of drug-likeness (QED) is 0.664.